The zero-order valence-corrected chi connectivity index (χ0v) is 12.0. The summed E-state index contributed by atoms with van der Waals surface area (Å²) >= 11 is 0. The van der Waals surface area contributed by atoms with Gasteiger partial charge in [-0.05, 0) is 42.9 Å². The van der Waals surface area contributed by atoms with Crippen molar-refractivity contribution in [1.82, 2.24) is 0 Å². The summed E-state index contributed by atoms with van der Waals surface area (Å²) in [4.78, 5) is 4.39. The minimum Gasteiger partial charge on any atom is -0.384 e. The zero-order valence-electron chi connectivity index (χ0n) is 12.0. The fraction of sp³-hybridized carbons (Fsp3) is 0.278. The van der Waals surface area contributed by atoms with Crippen molar-refractivity contribution in [1.29, 1.82) is 0 Å². The smallest absolute Gasteiger partial charge is 0.174 e. The molecule has 1 aliphatic heterocycles. The number of aliphatic hydroxyl groups is 1. The summed E-state index contributed by atoms with van der Waals surface area (Å²) in [6.45, 7) is 2.02. The van der Waals surface area contributed by atoms with Crippen molar-refractivity contribution in [3.63, 3.8) is 0 Å². The van der Waals surface area contributed by atoms with E-state index in [2.05, 4.69) is 11.1 Å². The number of fused-ring (bicyclic) bond motifs is 1. The highest BCUT2D eigenvalue weighted by molar-refractivity contribution is 6.00. The number of nitrogens with two attached hydrogens (primary N) is 1. The van der Waals surface area contributed by atoms with E-state index in [-0.39, 0.29) is 5.84 Å². The van der Waals surface area contributed by atoms with Crippen LogP contribution in [0.15, 0.2) is 47.5 Å². The van der Waals surface area contributed by atoms with Crippen molar-refractivity contribution in [2.24, 2.45) is 10.7 Å². The first-order valence-electron chi connectivity index (χ1n) is 7.38. The summed E-state index contributed by atoms with van der Waals surface area (Å²) in [5.74, 6) is 0.822. The molecular formula is C18H18N2O. The van der Waals surface area contributed by atoms with E-state index < -0.39 is 5.60 Å². The van der Waals surface area contributed by atoms with Crippen LogP contribution < -0.4 is 5.73 Å². The molecule has 0 saturated heterocycles. The molecule has 2 aromatic carbocycles. The summed E-state index contributed by atoms with van der Waals surface area (Å²) in [7, 11) is 0. The van der Waals surface area contributed by atoms with Crippen molar-refractivity contribution >= 4 is 11.5 Å². The third-order valence-corrected chi connectivity index (χ3v) is 4.52. The topological polar surface area (TPSA) is 58.6 Å². The lowest BCUT2D eigenvalue weighted by molar-refractivity contribution is 0.157. The number of rotatable bonds is 2. The number of hydrogen-bond donors (Lipinski definition) is 2. The Hall–Kier alpha value is -2.13. The molecule has 2 aliphatic rings. The Kier molecular flexibility index (Phi) is 2.51. The minimum absolute atomic E-state index is 0.274. The summed E-state index contributed by atoms with van der Waals surface area (Å²) in [6.07, 6.45) is 2.37. The van der Waals surface area contributed by atoms with E-state index in [4.69, 9.17) is 5.73 Å². The third kappa shape index (κ3) is 1.74. The lowest BCUT2D eigenvalue weighted by Crippen LogP contribution is -2.40. The molecule has 1 heterocycles. The number of benzene rings is 2. The van der Waals surface area contributed by atoms with Gasteiger partial charge >= 0.3 is 0 Å². The molecule has 0 aromatic heterocycles. The Morgan fingerprint density at radius 3 is 2.67 bits per heavy atom. The molecular weight excluding hydrogens is 260 g/mol. The maximum Gasteiger partial charge on any atom is 0.174 e. The summed E-state index contributed by atoms with van der Waals surface area (Å²) in [6, 6.07) is 14.0. The van der Waals surface area contributed by atoms with Crippen LogP contribution in [0.4, 0.5) is 5.69 Å². The molecule has 0 bridgehead atoms. The number of aliphatic imine (C=N–C) groups is 1. The molecule has 1 saturated carbocycles. The molecule has 3 nitrogen and oxygen atoms in total. The minimum atomic E-state index is -1.29. The van der Waals surface area contributed by atoms with Crippen molar-refractivity contribution in [3.8, 4) is 0 Å². The molecule has 1 atom stereocenters. The van der Waals surface area contributed by atoms with Crippen LogP contribution in [0.5, 0.6) is 0 Å². The van der Waals surface area contributed by atoms with Gasteiger partial charge < -0.3 is 10.8 Å². The quantitative estimate of drug-likeness (QED) is 0.886. The van der Waals surface area contributed by atoms with Gasteiger partial charge in [0.05, 0.1) is 5.69 Å². The second-order valence-corrected chi connectivity index (χ2v) is 6.09. The SMILES string of the molecule is Cc1ccc2c(c1)C(O)(c1ccccc1C1CC1)C(N)=N2. The number of hydrogen-bond acceptors (Lipinski definition) is 3. The molecule has 1 aliphatic carbocycles. The van der Waals surface area contributed by atoms with E-state index >= 15 is 0 Å². The van der Waals surface area contributed by atoms with Gasteiger partial charge in [0, 0.05) is 5.56 Å². The molecule has 0 radical (unpaired) electrons. The first-order chi connectivity index (χ1) is 10.1. The monoisotopic (exact) mass is 278 g/mol. The number of aryl methyl sites for hydroxylation is 1. The van der Waals surface area contributed by atoms with Crippen molar-refractivity contribution in [2.45, 2.75) is 31.3 Å². The first kappa shape index (κ1) is 12.6. The van der Waals surface area contributed by atoms with Crippen LogP contribution >= 0.6 is 0 Å². The molecule has 4 rings (SSSR count). The van der Waals surface area contributed by atoms with Crippen LogP contribution in [-0.2, 0) is 5.60 Å². The highest BCUT2D eigenvalue weighted by Gasteiger charge is 2.45. The van der Waals surface area contributed by atoms with Gasteiger partial charge in [0.25, 0.3) is 0 Å². The third-order valence-electron chi connectivity index (χ3n) is 4.52. The Bertz CT molecular complexity index is 762. The largest absolute Gasteiger partial charge is 0.384 e. The van der Waals surface area contributed by atoms with Gasteiger partial charge in [0.15, 0.2) is 5.60 Å². The van der Waals surface area contributed by atoms with Gasteiger partial charge in [-0.2, -0.15) is 0 Å². The average molecular weight is 278 g/mol. The Labute approximate surface area is 124 Å². The maximum atomic E-state index is 11.4. The highest BCUT2D eigenvalue weighted by Crippen LogP contribution is 2.48. The van der Waals surface area contributed by atoms with E-state index in [1.807, 2.05) is 43.3 Å². The second kappa shape index (κ2) is 4.18. The summed E-state index contributed by atoms with van der Waals surface area (Å²) < 4.78 is 0. The Balaban J connectivity index is 1.96. The van der Waals surface area contributed by atoms with Gasteiger partial charge in [-0.15, -0.1) is 0 Å². The van der Waals surface area contributed by atoms with Gasteiger partial charge in [0.2, 0.25) is 0 Å². The molecule has 0 spiro atoms. The fourth-order valence-corrected chi connectivity index (χ4v) is 3.25. The highest BCUT2D eigenvalue weighted by atomic mass is 16.3. The van der Waals surface area contributed by atoms with Gasteiger partial charge in [-0.25, -0.2) is 4.99 Å². The maximum absolute atomic E-state index is 11.4. The van der Waals surface area contributed by atoms with Crippen LogP contribution in [0, 0.1) is 6.92 Å². The standard InChI is InChI=1S/C18H18N2O/c1-11-6-9-16-15(10-11)18(21,17(19)20-16)14-5-3-2-4-13(14)12-7-8-12/h2-6,9-10,12,21H,7-8H2,1H3,(H2,19,20). The van der Waals surface area contributed by atoms with E-state index in [9.17, 15) is 5.11 Å². The van der Waals surface area contributed by atoms with Crippen molar-refractivity contribution in [2.75, 3.05) is 0 Å². The fourth-order valence-electron chi connectivity index (χ4n) is 3.25. The lowest BCUT2D eigenvalue weighted by atomic mass is 9.82. The molecule has 21 heavy (non-hydrogen) atoms. The lowest BCUT2D eigenvalue weighted by Gasteiger charge is -2.27. The normalized spacial score (nSPS) is 23.8. The van der Waals surface area contributed by atoms with Crippen LogP contribution in [0.3, 0.4) is 0 Å². The van der Waals surface area contributed by atoms with E-state index in [1.165, 1.54) is 18.4 Å². The Morgan fingerprint density at radius 1 is 1.14 bits per heavy atom. The molecule has 3 N–H and O–H groups in total. The van der Waals surface area contributed by atoms with E-state index in [0.717, 1.165) is 22.4 Å². The summed E-state index contributed by atoms with van der Waals surface area (Å²) in [5.41, 5.74) is 9.60. The predicted octanol–water partition coefficient (Wildman–Crippen LogP) is 3.11. The van der Waals surface area contributed by atoms with Crippen molar-refractivity contribution < 1.29 is 5.11 Å². The summed E-state index contributed by atoms with van der Waals surface area (Å²) in [5, 5.41) is 11.4. The van der Waals surface area contributed by atoms with Crippen LogP contribution in [-0.4, -0.2) is 10.9 Å². The van der Waals surface area contributed by atoms with Gasteiger partial charge in [0.1, 0.15) is 5.84 Å². The van der Waals surface area contributed by atoms with Gasteiger partial charge in [-0.3, -0.25) is 0 Å². The van der Waals surface area contributed by atoms with Crippen LogP contribution in [0.1, 0.15) is 41.0 Å². The molecule has 1 fully saturated rings. The van der Waals surface area contributed by atoms with Crippen LogP contribution in [0.25, 0.3) is 0 Å². The molecule has 106 valence electrons. The van der Waals surface area contributed by atoms with Crippen molar-refractivity contribution in [3.05, 3.63) is 64.7 Å². The van der Waals surface area contributed by atoms with E-state index in [0.29, 0.717) is 5.92 Å². The van der Waals surface area contributed by atoms with Gasteiger partial charge in [-0.1, -0.05) is 42.0 Å². The Morgan fingerprint density at radius 2 is 1.90 bits per heavy atom. The number of nitrogens with zero attached hydrogens (tertiary/aromatic N) is 1. The zero-order chi connectivity index (χ0) is 14.6. The van der Waals surface area contributed by atoms with Crippen LogP contribution in [0.2, 0.25) is 0 Å². The molecule has 3 heteroatoms. The molecule has 1 unspecified atom stereocenters. The average Bonchev–Trinajstić information content (AvgIpc) is 3.29. The predicted molar refractivity (Wildman–Crippen MR) is 83.9 cm³/mol. The molecule has 2 aromatic rings. The van der Waals surface area contributed by atoms with E-state index in [1.54, 1.807) is 0 Å². The number of amidine groups is 1. The first-order valence-corrected chi connectivity index (χ1v) is 7.38. The second-order valence-electron chi connectivity index (χ2n) is 6.09. The molecule has 0 amide bonds.